The van der Waals surface area contributed by atoms with Crippen molar-refractivity contribution in [1.82, 2.24) is 0 Å². The lowest BCUT2D eigenvalue weighted by atomic mass is 9.99. The molecular formula is C14H11NO3. The fourth-order valence-electron chi connectivity index (χ4n) is 1.93. The van der Waals surface area contributed by atoms with Gasteiger partial charge in [-0.2, -0.15) is 5.26 Å². The van der Waals surface area contributed by atoms with Crippen LogP contribution in [0.2, 0.25) is 0 Å². The lowest BCUT2D eigenvalue weighted by Gasteiger charge is -2.11. The number of fused-ring (bicyclic) bond motifs is 1. The average Bonchev–Trinajstić information content (AvgIpc) is 2.44. The number of carbonyl (C=O) groups is 1. The molecule has 2 aromatic rings. The third-order valence-electron chi connectivity index (χ3n) is 2.72. The molecule has 0 amide bonds. The number of benzene rings is 2. The molecule has 0 saturated heterocycles. The van der Waals surface area contributed by atoms with E-state index in [1.165, 1.54) is 14.2 Å². The van der Waals surface area contributed by atoms with E-state index in [4.69, 9.17) is 14.7 Å². The average molecular weight is 241 g/mol. The predicted octanol–water partition coefficient (Wildman–Crippen LogP) is 2.51. The van der Waals surface area contributed by atoms with E-state index in [-0.39, 0.29) is 11.3 Å². The number of esters is 1. The maximum atomic E-state index is 11.9. The zero-order chi connectivity index (χ0) is 13.1. The first-order valence-corrected chi connectivity index (χ1v) is 5.31. The Hall–Kier alpha value is -2.54. The van der Waals surface area contributed by atoms with Crippen molar-refractivity contribution in [2.45, 2.75) is 0 Å². The zero-order valence-electron chi connectivity index (χ0n) is 10.1. The van der Waals surface area contributed by atoms with Crippen LogP contribution in [0, 0.1) is 11.3 Å². The Bertz CT molecular complexity index is 656. The third-order valence-corrected chi connectivity index (χ3v) is 2.72. The molecular weight excluding hydrogens is 230 g/mol. The van der Waals surface area contributed by atoms with Gasteiger partial charge in [-0.25, -0.2) is 4.79 Å². The van der Waals surface area contributed by atoms with Gasteiger partial charge in [0.15, 0.2) is 5.75 Å². The minimum absolute atomic E-state index is 0.253. The predicted molar refractivity (Wildman–Crippen MR) is 66.6 cm³/mol. The molecule has 0 aliphatic heterocycles. The summed E-state index contributed by atoms with van der Waals surface area (Å²) < 4.78 is 9.93. The van der Waals surface area contributed by atoms with Crippen molar-refractivity contribution in [3.8, 4) is 11.8 Å². The summed E-state index contributed by atoms with van der Waals surface area (Å²) in [5, 5.41) is 10.6. The Morgan fingerprint density at radius 3 is 2.61 bits per heavy atom. The number of ether oxygens (including phenoxy) is 2. The van der Waals surface area contributed by atoms with Crippen LogP contribution in [0.3, 0.4) is 0 Å². The van der Waals surface area contributed by atoms with Crippen LogP contribution in [0.4, 0.5) is 0 Å². The number of rotatable bonds is 2. The summed E-state index contributed by atoms with van der Waals surface area (Å²) in [7, 11) is 2.73. The first-order valence-electron chi connectivity index (χ1n) is 5.31. The summed E-state index contributed by atoms with van der Waals surface area (Å²) in [5.74, 6) is -0.261. The number of hydrogen-bond donors (Lipinski definition) is 0. The molecule has 90 valence electrons. The van der Waals surface area contributed by atoms with Crippen LogP contribution in [0.25, 0.3) is 10.8 Å². The topological polar surface area (TPSA) is 59.3 Å². The smallest absolute Gasteiger partial charge is 0.342 e. The molecule has 0 aromatic heterocycles. The van der Waals surface area contributed by atoms with E-state index in [0.717, 1.165) is 5.39 Å². The molecule has 0 bridgehead atoms. The van der Waals surface area contributed by atoms with Crippen molar-refractivity contribution < 1.29 is 14.3 Å². The van der Waals surface area contributed by atoms with Crippen molar-refractivity contribution in [1.29, 1.82) is 5.26 Å². The van der Waals surface area contributed by atoms with E-state index in [2.05, 4.69) is 0 Å². The normalized spacial score (nSPS) is 9.83. The second kappa shape index (κ2) is 4.76. The minimum atomic E-state index is -0.514. The number of nitriles is 1. The largest absolute Gasteiger partial charge is 0.494 e. The van der Waals surface area contributed by atoms with E-state index < -0.39 is 5.97 Å². The van der Waals surface area contributed by atoms with Crippen molar-refractivity contribution in [3.05, 3.63) is 41.5 Å². The molecule has 0 unspecified atom stereocenters. The highest BCUT2D eigenvalue weighted by molar-refractivity contribution is 6.08. The second-order valence-corrected chi connectivity index (χ2v) is 3.66. The lowest BCUT2D eigenvalue weighted by Crippen LogP contribution is -2.06. The van der Waals surface area contributed by atoms with Gasteiger partial charge in [-0.3, -0.25) is 0 Å². The van der Waals surface area contributed by atoms with Crippen LogP contribution < -0.4 is 4.74 Å². The van der Waals surface area contributed by atoms with Crippen LogP contribution in [0.5, 0.6) is 5.75 Å². The van der Waals surface area contributed by atoms with Crippen molar-refractivity contribution in [2.75, 3.05) is 14.2 Å². The summed E-state index contributed by atoms with van der Waals surface area (Å²) in [6.07, 6.45) is 0. The Morgan fingerprint density at radius 1 is 1.28 bits per heavy atom. The number of carbonyl (C=O) groups excluding carboxylic acids is 1. The van der Waals surface area contributed by atoms with Crippen LogP contribution >= 0.6 is 0 Å². The first-order chi connectivity index (χ1) is 8.72. The van der Waals surface area contributed by atoms with Crippen LogP contribution in [-0.2, 0) is 4.74 Å². The molecule has 18 heavy (non-hydrogen) atoms. The molecule has 0 aliphatic carbocycles. The van der Waals surface area contributed by atoms with Gasteiger partial charge in [0.25, 0.3) is 0 Å². The van der Waals surface area contributed by atoms with E-state index in [9.17, 15) is 4.79 Å². The summed E-state index contributed by atoms with van der Waals surface area (Å²) in [5.41, 5.74) is 0.603. The monoisotopic (exact) mass is 241 g/mol. The van der Waals surface area contributed by atoms with Gasteiger partial charge in [0.05, 0.1) is 19.8 Å². The van der Waals surface area contributed by atoms with Gasteiger partial charge in [0.1, 0.15) is 11.6 Å². The van der Waals surface area contributed by atoms with Gasteiger partial charge in [0, 0.05) is 5.39 Å². The maximum absolute atomic E-state index is 11.9. The standard InChI is InChI=1S/C14H11NO3/c1-17-13-10(8-15)7-9-5-3-4-6-11(9)12(13)14(16)18-2/h3-7H,1-2H3. The molecule has 0 fully saturated rings. The highest BCUT2D eigenvalue weighted by Crippen LogP contribution is 2.32. The Labute approximate surface area is 104 Å². The van der Waals surface area contributed by atoms with E-state index in [1.54, 1.807) is 12.1 Å². The molecule has 0 heterocycles. The first kappa shape index (κ1) is 11.9. The van der Waals surface area contributed by atoms with Gasteiger partial charge in [-0.15, -0.1) is 0 Å². The number of nitrogens with zero attached hydrogens (tertiary/aromatic N) is 1. The molecule has 4 nitrogen and oxygen atoms in total. The molecule has 2 rings (SSSR count). The van der Waals surface area contributed by atoms with Crippen molar-refractivity contribution >= 4 is 16.7 Å². The fourth-order valence-corrected chi connectivity index (χ4v) is 1.93. The highest BCUT2D eigenvalue weighted by atomic mass is 16.5. The van der Waals surface area contributed by atoms with Gasteiger partial charge in [-0.05, 0) is 11.5 Å². The third kappa shape index (κ3) is 1.76. The molecule has 0 radical (unpaired) electrons. The number of hydrogen-bond acceptors (Lipinski definition) is 4. The Morgan fingerprint density at radius 2 is 2.00 bits per heavy atom. The quantitative estimate of drug-likeness (QED) is 0.758. The zero-order valence-corrected chi connectivity index (χ0v) is 10.1. The molecule has 0 saturated carbocycles. The van der Waals surface area contributed by atoms with Crippen LogP contribution in [0.1, 0.15) is 15.9 Å². The Kier molecular flexibility index (Phi) is 3.16. The summed E-state index contributed by atoms with van der Waals surface area (Å²) >= 11 is 0. The van der Waals surface area contributed by atoms with Crippen LogP contribution in [-0.4, -0.2) is 20.2 Å². The molecule has 0 N–H and O–H groups in total. The van der Waals surface area contributed by atoms with E-state index >= 15 is 0 Å². The number of methoxy groups -OCH3 is 2. The summed E-state index contributed by atoms with van der Waals surface area (Å²) in [4.78, 5) is 11.9. The Balaban J connectivity index is 2.92. The lowest BCUT2D eigenvalue weighted by molar-refractivity contribution is 0.0599. The van der Waals surface area contributed by atoms with E-state index in [1.807, 2.05) is 24.3 Å². The minimum Gasteiger partial charge on any atom is -0.494 e. The van der Waals surface area contributed by atoms with Crippen molar-refractivity contribution in [2.24, 2.45) is 0 Å². The molecule has 0 spiro atoms. The van der Waals surface area contributed by atoms with Gasteiger partial charge >= 0.3 is 5.97 Å². The van der Waals surface area contributed by atoms with Crippen molar-refractivity contribution in [3.63, 3.8) is 0 Å². The SMILES string of the molecule is COC(=O)c1c(OC)c(C#N)cc2ccccc12. The maximum Gasteiger partial charge on any atom is 0.342 e. The summed E-state index contributed by atoms with van der Waals surface area (Å²) in [6, 6.07) is 11.0. The fraction of sp³-hybridized carbons (Fsp3) is 0.143. The van der Waals surface area contributed by atoms with Gasteiger partial charge in [0.2, 0.25) is 0 Å². The van der Waals surface area contributed by atoms with E-state index in [0.29, 0.717) is 10.9 Å². The second-order valence-electron chi connectivity index (χ2n) is 3.66. The summed E-state index contributed by atoms with van der Waals surface area (Å²) in [6.45, 7) is 0. The van der Waals surface area contributed by atoms with Gasteiger partial charge in [-0.1, -0.05) is 24.3 Å². The van der Waals surface area contributed by atoms with Gasteiger partial charge < -0.3 is 9.47 Å². The molecule has 0 atom stereocenters. The van der Waals surface area contributed by atoms with Crippen LogP contribution in [0.15, 0.2) is 30.3 Å². The molecule has 4 heteroatoms. The molecule has 0 aliphatic rings. The molecule has 2 aromatic carbocycles. The highest BCUT2D eigenvalue weighted by Gasteiger charge is 2.20.